The van der Waals surface area contributed by atoms with E-state index in [2.05, 4.69) is 15.2 Å². The van der Waals surface area contributed by atoms with Crippen molar-refractivity contribution in [2.75, 3.05) is 23.3 Å². The molecular formula is C21H21FN4O3. The molecule has 3 aromatic rings. The van der Waals surface area contributed by atoms with E-state index >= 15 is 0 Å². The van der Waals surface area contributed by atoms with Crippen LogP contribution in [0.4, 0.5) is 15.8 Å². The maximum absolute atomic E-state index is 13.4. The number of piperidine rings is 1. The summed E-state index contributed by atoms with van der Waals surface area (Å²) in [5, 5.41) is 2.74. The molecule has 0 spiro atoms. The first-order valence-corrected chi connectivity index (χ1v) is 9.58. The van der Waals surface area contributed by atoms with E-state index in [1.165, 1.54) is 31.4 Å². The second-order valence-corrected chi connectivity index (χ2v) is 7.15. The minimum Gasteiger partial charge on any atom is -0.372 e. The zero-order valence-electron chi connectivity index (χ0n) is 15.8. The van der Waals surface area contributed by atoms with Gasteiger partial charge in [0.15, 0.2) is 0 Å². The highest BCUT2D eigenvalue weighted by atomic mass is 19.1. The third kappa shape index (κ3) is 4.06. The van der Waals surface area contributed by atoms with E-state index in [1.807, 2.05) is 24.3 Å². The van der Waals surface area contributed by atoms with Crippen LogP contribution in [-0.2, 0) is 11.3 Å². The summed E-state index contributed by atoms with van der Waals surface area (Å²) in [6, 6.07) is 11.2. The standard InChI is InChI=1S/C21H21FN4O3/c22-14-4-9-18-17(12-14)24-20(28)21(29)26(18)13-19(27)23-15-5-7-16(8-6-15)25-10-2-1-3-11-25/h4-9,12H,1-3,10-11,13H2,(H,23,27)(H,24,28). The Morgan fingerprint density at radius 3 is 2.48 bits per heavy atom. The number of hydrogen-bond donors (Lipinski definition) is 2. The second-order valence-electron chi connectivity index (χ2n) is 7.15. The van der Waals surface area contributed by atoms with Crippen LogP contribution in [0.5, 0.6) is 0 Å². The van der Waals surface area contributed by atoms with Gasteiger partial charge in [0.1, 0.15) is 12.4 Å². The number of carbonyl (C=O) groups excluding carboxylic acids is 1. The number of nitrogens with zero attached hydrogens (tertiary/aromatic N) is 2. The van der Waals surface area contributed by atoms with Gasteiger partial charge in [-0.05, 0) is 61.7 Å². The van der Waals surface area contributed by atoms with Crippen LogP contribution in [-0.4, -0.2) is 28.5 Å². The molecule has 0 atom stereocenters. The lowest BCUT2D eigenvalue weighted by molar-refractivity contribution is -0.116. The predicted molar refractivity (Wildman–Crippen MR) is 110 cm³/mol. The fraction of sp³-hybridized carbons (Fsp3) is 0.286. The van der Waals surface area contributed by atoms with Crippen molar-refractivity contribution in [3.05, 3.63) is 69.0 Å². The summed E-state index contributed by atoms with van der Waals surface area (Å²) in [5.74, 6) is -0.995. The molecular weight excluding hydrogens is 375 g/mol. The van der Waals surface area contributed by atoms with Crippen molar-refractivity contribution < 1.29 is 9.18 Å². The first-order chi connectivity index (χ1) is 14.0. The Morgan fingerprint density at radius 2 is 1.76 bits per heavy atom. The zero-order valence-corrected chi connectivity index (χ0v) is 15.8. The number of anilines is 2. The number of benzene rings is 2. The molecule has 0 unspecified atom stereocenters. The number of H-pyrrole nitrogens is 1. The van der Waals surface area contributed by atoms with Crippen molar-refractivity contribution in [1.82, 2.24) is 9.55 Å². The van der Waals surface area contributed by atoms with Gasteiger partial charge in [0.2, 0.25) is 5.91 Å². The number of amides is 1. The van der Waals surface area contributed by atoms with Gasteiger partial charge in [-0.2, -0.15) is 0 Å². The number of aromatic amines is 1. The van der Waals surface area contributed by atoms with Gasteiger partial charge in [-0.3, -0.25) is 19.0 Å². The SMILES string of the molecule is O=C(Cn1c(=O)c(=O)[nH]c2cc(F)ccc21)Nc1ccc(N2CCCCC2)cc1. The minimum atomic E-state index is -0.901. The molecule has 1 aliphatic rings. The van der Waals surface area contributed by atoms with E-state index < -0.39 is 22.8 Å². The highest BCUT2D eigenvalue weighted by Gasteiger charge is 2.13. The molecule has 2 aromatic carbocycles. The van der Waals surface area contributed by atoms with Crippen molar-refractivity contribution in [3.8, 4) is 0 Å². The monoisotopic (exact) mass is 396 g/mol. The van der Waals surface area contributed by atoms with Crippen molar-refractivity contribution in [1.29, 1.82) is 0 Å². The third-order valence-electron chi connectivity index (χ3n) is 5.11. The average Bonchev–Trinajstić information content (AvgIpc) is 2.72. The van der Waals surface area contributed by atoms with Gasteiger partial charge < -0.3 is 15.2 Å². The van der Waals surface area contributed by atoms with E-state index in [0.717, 1.165) is 29.4 Å². The van der Waals surface area contributed by atoms with Crippen molar-refractivity contribution in [2.45, 2.75) is 25.8 Å². The van der Waals surface area contributed by atoms with E-state index in [1.54, 1.807) is 0 Å². The highest BCUT2D eigenvalue weighted by Crippen LogP contribution is 2.21. The number of fused-ring (bicyclic) bond motifs is 1. The lowest BCUT2D eigenvalue weighted by Crippen LogP contribution is -2.38. The van der Waals surface area contributed by atoms with Crippen molar-refractivity contribution in [3.63, 3.8) is 0 Å². The summed E-state index contributed by atoms with van der Waals surface area (Å²) < 4.78 is 14.5. The Kier molecular flexibility index (Phi) is 5.16. The molecule has 1 aliphatic heterocycles. The summed E-state index contributed by atoms with van der Waals surface area (Å²) in [6.07, 6.45) is 3.62. The summed E-state index contributed by atoms with van der Waals surface area (Å²) >= 11 is 0. The molecule has 0 aliphatic carbocycles. The summed E-state index contributed by atoms with van der Waals surface area (Å²) in [4.78, 5) is 41.2. The first kappa shape index (κ1) is 18.9. The van der Waals surface area contributed by atoms with Crippen LogP contribution in [0.25, 0.3) is 11.0 Å². The largest absolute Gasteiger partial charge is 0.372 e. The predicted octanol–water partition coefficient (Wildman–Crippen LogP) is 2.46. The molecule has 0 saturated carbocycles. The molecule has 29 heavy (non-hydrogen) atoms. The Hall–Kier alpha value is -3.42. The van der Waals surface area contributed by atoms with Gasteiger partial charge in [0.25, 0.3) is 0 Å². The fourth-order valence-corrected chi connectivity index (χ4v) is 3.66. The summed E-state index contributed by atoms with van der Waals surface area (Å²) in [6.45, 7) is 1.72. The minimum absolute atomic E-state index is 0.160. The average molecular weight is 396 g/mol. The van der Waals surface area contributed by atoms with E-state index in [9.17, 15) is 18.8 Å². The van der Waals surface area contributed by atoms with Crippen LogP contribution >= 0.6 is 0 Å². The van der Waals surface area contributed by atoms with Crippen molar-refractivity contribution >= 4 is 28.3 Å². The topological polar surface area (TPSA) is 87.2 Å². The lowest BCUT2D eigenvalue weighted by atomic mass is 10.1. The molecule has 7 nitrogen and oxygen atoms in total. The normalized spacial score (nSPS) is 14.2. The molecule has 2 N–H and O–H groups in total. The molecule has 0 radical (unpaired) electrons. The first-order valence-electron chi connectivity index (χ1n) is 9.58. The van der Waals surface area contributed by atoms with Crippen LogP contribution in [0.15, 0.2) is 52.1 Å². The highest BCUT2D eigenvalue weighted by molar-refractivity contribution is 5.91. The molecule has 1 amide bonds. The molecule has 8 heteroatoms. The Balaban J connectivity index is 1.52. The molecule has 1 fully saturated rings. The molecule has 1 saturated heterocycles. The number of nitrogens with one attached hydrogen (secondary N) is 2. The Bertz CT molecular complexity index is 1160. The number of hydrogen-bond acceptors (Lipinski definition) is 4. The van der Waals surface area contributed by atoms with Gasteiger partial charge >= 0.3 is 11.1 Å². The maximum atomic E-state index is 13.4. The van der Waals surface area contributed by atoms with Gasteiger partial charge in [0.05, 0.1) is 11.0 Å². The van der Waals surface area contributed by atoms with E-state index in [-0.39, 0.29) is 17.6 Å². The quantitative estimate of drug-likeness (QED) is 0.664. The summed E-state index contributed by atoms with van der Waals surface area (Å²) in [5.41, 5.74) is 0.395. The molecule has 0 bridgehead atoms. The van der Waals surface area contributed by atoms with E-state index in [0.29, 0.717) is 5.69 Å². The van der Waals surface area contributed by atoms with Crippen molar-refractivity contribution in [2.24, 2.45) is 0 Å². The fourth-order valence-electron chi connectivity index (χ4n) is 3.66. The smallest absolute Gasteiger partial charge is 0.317 e. The molecule has 1 aromatic heterocycles. The van der Waals surface area contributed by atoms with Crippen LogP contribution in [0.2, 0.25) is 0 Å². The lowest BCUT2D eigenvalue weighted by Gasteiger charge is -2.28. The number of carbonyl (C=O) groups is 1. The third-order valence-corrected chi connectivity index (χ3v) is 5.11. The van der Waals surface area contributed by atoms with Crippen LogP contribution in [0.3, 0.4) is 0 Å². The van der Waals surface area contributed by atoms with Crippen LogP contribution in [0.1, 0.15) is 19.3 Å². The Morgan fingerprint density at radius 1 is 1.03 bits per heavy atom. The second kappa shape index (κ2) is 7.90. The van der Waals surface area contributed by atoms with Gasteiger partial charge in [-0.15, -0.1) is 0 Å². The molecule has 2 heterocycles. The van der Waals surface area contributed by atoms with Gasteiger partial charge in [-0.1, -0.05) is 0 Å². The maximum Gasteiger partial charge on any atom is 0.317 e. The van der Waals surface area contributed by atoms with Gasteiger partial charge in [0, 0.05) is 24.5 Å². The summed E-state index contributed by atoms with van der Waals surface area (Å²) in [7, 11) is 0. The van der Waals surface area contributed by atoms with Crippen LogP contribution < -0.4 is 21.3 Å². The zero-order chi connectivity index (χ0) is 20.4. The Labute approximate surface area is 165 Å². The van der Waals surface area contributed by atoms with E-state index in [4.69, 9.17) is 0 Å². The molecule has 4 rings (SSSR count). The van der Waals surface area contributed by atoms with Gasteiger partial charge in [-0.25, -0.2) is 4.39 Å². The van der Waals surface area contributed by atoms with Crippen LogP contribution in [0, 0.1) is 5.82 Å². The number of rotatable bonds is 4. The molecule has 150 valence electrons. The number of aromatic nitrogens is 2. The number of halogens is 1.